The second-order valence-corrected chi connectivity index (χ2v) is 9.89. The number of ether oxygens (including phenoxy) is 1. The first kappa shape index (κ1) is 24.2. The summed E-state index contributed by atoms with van der Waals surface area (Å²) in [5.41, 5.74) is 3.83. The van der Waals surface area contributed by atoms with E-state index in [9.17, 15) is 0 Å². The SMILES string of the molecule is Cc1ccccc1Oc1ccc(N2C(=S)N[C@H](c3ccccn3)[C@@H]2c2ccc(-c3ccc(Cl)cc3)o2)cc1. The van der Waals surface area contributed by atoms with Gasteiger partial charge in [0.1, 0.15) is 29.1 Å². The van der Waals surface area contributed by atoms with Crippen LogP contribution in [0, 0.1) is 6.92 Å². The molecule has 2 atom stereocenters. The van der Waals surface area contributed by atoms with Crippen LogP contribution in [0.2, 0.25) is 5.02 Å². The fraction of sp³-hybridized carbons (Fsp3) is 0.0968. The van der Waals surface area contributed by atoms with Crippen LogP contribution < -0.4 is 15.0 Å². The van der Waals surface area contributed by atoms with E-state index in [0.29, 0.717) is 10.1 Å². The van der Waals surface area contributed by atoms with Gasteiger partial charge in [0.05, 0.1) is 11.7 Å². The minimum atomic E-state index is -0.249. The molecule has 7 heteroatoms. The van der Waals surface area contributed by atoms with E-state index in [0.717, 1.165) is 45.5 Å². The molecule has 0 saturated carbocycles. The number of anilines is 1. The number of furan rings is 1. The van der Waals surface area contributed by atoms with Gasteiger partial charge in [-0.25, -0.2) is 0 Å². The monoisotopic (exact) mass is 537 g/mol. The molecule has 5 aromatic rings. The van der Waals surface area contributed by atoms with Crippen LogP contribution in [0.4, 0.5) is 5.69 Å². The van der Waals surface area contributed by atoms with Crippen LogP contribution >= 0.6 is 23.8 Å². The molecule has 38 heavy (non-hydrogen) atoms. The van der Waals surface area contributed by atoms with Gasteiger partial charge in [0.25, 0.3) is 0 Å². The van der Waals surface area contributed by atoms with Gasteiger partial charge in [-0.15, -0.1) is 0 Å². The van der Waals surface area contributed by atoms with E-state index in [1.54, 1.807) is 6.20 Å². The topological polar surface area (TPSA) is 50.5 Å². The summed E-state index contributed by atoms with van der Waals surface area (Å²) in [5.74, 6) is 3.12. The number of hydrogen-bond donors (Lipinski definition) is 1. The van der Waals surface area contributed by atoms with Crippen molar-refractivity contribution in [2.75, 3.05) is 4.90 Å². The molecule has 3 aromatic carbocycles. The number of pyridine rings is 1. The zero-order valence-electron chi connectivity index (χ0n) is 20.5. The lowest BCUT2D eigenvalue weighted by Crippen LogP contribution is -2.29. The van der Waals surface area contributed by atoms with E-state index in [4.69, 9.17) is 33.0 Å². The van der Waals surface area contributed by atoms with Gasteiger partial charge in [-0.2, -0.15) is 0 Å². The van der Waals surface area contributed by atoms with E-state index in [-0.39, 0.29) is 12.1 Å². The van der Waals surface area contributed by atoms with Gasteiger partial charge in [-0.3, -0.25) is 4.98 Å². The normalized spacial score (nSPS) is 16.9. The molecule has 2 aromatic heterocycles. The molecule has 1 N–H and O–H groups in total. The fourth-order valence-electron chi connectivity index (χ4n) is 4.68. The highest BCUT2D eigenvalue weighted by atomic mass is 35.5. The first-order valence-corrected chi connectivity index (χ1v) is 13.1. The molecule has 188 valence electrons. The minimum absolute atomic E-state index is 0.198. The Labute approximate surface area is 231 Å². The molecule has 1 fully saturated rings. The van der Waals surface area contributed by atoms with Crippen molar-refractivity contribution >= 4 is 34.6 Å². The van der Waals surface area contributed by atoms with Crippen molar-refractivity contribution in [3.8, 4) is 22.8 Å². The smallest absolute Gasteiger partial charge is 0.174 e. The summed E-state index contributed by atoms with van der Waals surface area (Å²) in [5, 5.41) is 4.75. The predicted octanol–water partition coefficient (Wildman–Crippen LogP) is 8.27. The largest absolute Gasteiger partial charge is 0.459 e. The maximum atomic E-state index is 6.42. The standard InChI is InChI=1S/C31H24ClN3O2S/c1-20-6-2-3-8-26(20)36-24-15-13-23(14-16-24)35-30(29(34-31(35)38)25-7-4-5-19-33-25)28-18-17-27(37-28)21-9-11-22(32)12-10-21/h2-19,29-30H,1H3,(H,34,38)/t29-,30+/m1/s1. The molecule has 0 amide bonds. The third-order valence-electron chi connectivity index (χ3n) is 6.58. The van der Waals surface area contributed by atoms with Crippen LogP contribution in [0.3, 0.4) is 0 Å². The van der Waals surface area contributed by atoms with Crippen LogP contribution in [0.25, 0.3) is 11.3 Å². The summed E-state index contributed by atoms with van der Waals surface area (Å²) in [6.45, 7) is 2.03. The Hall–Kier alpha value is -4.13. The lowest BCUT2D eigenvalue weighted by molar-refractivity contribution is 0.439. The highest BCUT2D eigenvalue weighted by Crippen LogP contribution is 2.43. The summed E-state index contributed by atoms with van der Waals surface area (Å²) in [6, 6.07) is 32.9. The maximum absolute atomic E-state index is 6.42. The van der Waals surface area contributed by atoms with Crippen molar-refractivity contribution < 1.29 is 9.15 Å². The number of halogens is 1. The van der Waals surface area contributed by atoms with Gasteiger partial charge in [0.15, 0.2) is 5.11 Å². The van der Waals surface area contributed by atoms with Crippen molar-refractivity contribution in [1.82, 2.24) is 10.3 Å². The van der Waals surface area contributed by atoms with Gasteiger partial charge >= 0.3 is 0 Å². The van der Waals surface area contributed by atoms with Gasteiger partial charge in [0.2, 0.25) is 0 Å². The van der Waals surface area contributed by atoms with E-state index >= 15 is 0 Å². The molecule has 0 bridgehead atoms. The van der Waals surface area contributed by atoms with Crippen LogP contribution in [0.1, 0.15) is 29.1 Å². The number of benzene rings is 3. The van der Waals surface area contributed by atoms with E-state index < -0.39 is 0 Å². The lowest BCUT2D eigenvalue weighted by atomic mass is 10.0. The van der Waals surface area contributed by atoms with Gasteiger partial charge in [-0.05, 0) is 104 Å². The first-order chi connectivity index (χ1) is 18.6. The van der Waals surface area contributed by atoms with Crippen molar-refractivity contribution in [1.29, 1.82) is 0 Å². The van der Waals surface area contributed by atoms with Gasteiger partial charge in [-0.1, -0.05) is 35.9 Å². The minimum Gasteiger partial charge on any atom is -0.459 e. The zero-order valence-corrected chi connectivity index (χ0v) is 22.1. The fourth-order valence-corrected chi connectivity index (χ4v) is 5.15. The summed E-state index contributed by atoms with van der Waals surface area (Å²) in [7, 11) is 0. The highest BCUT2D eigenvalue weighted by Gasteiger charge is 2.42. The Bertz CT molecular complexity index is 1570. The molecule has 1 aliphatic heterocycles. The molecule has 5 nitrogen and oxygen atoms in total. The van der Waals surface area contributed by atoms with Crippen LogP contribution in [-0.4, -0.2) is 10.1 Å². The lowest BCUT2D eigenvalue weighted by Gasteiger charge is -2.26. The molecule has 0 radical (unpaired) electrons. The maximum Gasteiger partial charge on any atom is 0.174 e. The van der Waals surface area contributed by atoms with E-state index in [1.165, 1.54) is 0 Å². The van der Waals surface area contributed by atoms with Crippen molar-refractivity contribution in [2.24, 2.45) is 0 Å². The number of para-hydroxylation sites is 1. The van der Waals surface area contributed by atoms with Crippen molar-refractivity contribution in [3.05, 3.63) is 131 Å². The molecule has 1 aliphatic rings. The van der Waals surface area contributed by atoms with Crippen LogP contribution in [-0.2, 0) is 0 Å². The number of aryl methyl sites for hydroxylation is 1. The first-order valence-electron chi connectivity index (χ1n) is 12.3. The number of nitrogens with zero attached hydrogens (tertiary/aromatic N) is 2. The molecule has 1 saturated heterocycles. The molecule has 0 aliphatic carbocycles. The Kier molecular flexibility index (Phi) is 6.58. The molecular formula is C31H24ClN3O2S. The Morgan fingerprint density at radius 3 is 2.39 bits per heavy atom. The van der Waals surface area contributed by atoms with E-state index in [1.807, 2.05) is 110 Å². The average Bonchev–Trinajstić information content (AvgIpc) is 3.56. The third kappa shape index (κ3) is 4.76. The van der Waals surface area contributed by atoms with Crippen molar-refractivity contribution in [2.45, 2.75) is 19.0 Å². The summed E-state index contributed by atoms with van der Waals surface area (Å²) >= 11 is 11.9. The Morgan fingerprint density at radius 1 is 0.895 bits per heavy atom. The van der Waals surface area contributed by atoms with Crippen LogP contribution in [0.15, 0.2) is 114 Å². The molecule has 6 rings (SSSR count). The number of thiocarbonyl (C=S) groups is 1. The zero-order chi connectivity index (χ0) is 26.1. The number of hydrogen-bond acceptors (Lipinski definition) is 4. The summed E-state index contributed by atoms with van der Waals surface area (Å²) in [6.07, 6.45) is 1.79. The second kappa shape index (κ2) is 10.3. The quantitative estimate of drug-likeness (QED) is 0.220. The van der Waals surface area contributed by atoms with Gasteiger partial charge in [0, 0.05) is 22.5 Å². The highest BCUT2D eigenvalue weighted by molar-refractivity contribution is 7.80. The Balaban J connectivity index is 1.35. The molecular weight excluding hydrogens is 514 g/mol. The number of aromatic nitrogens is 1. The number of nitrogens with one attached hydrogen (secondary N) is 1. The second-order valence-electron chi connectivity index (χ2n) is 9.07. The van der Waals surface area contributed by atoms with Gasteiger partial charge < -0.3 is 19.4 Å². The summed E-state index contributed by atoms with van der Waals surface area (Å²) < 4.78 is 12.5. The van der Waals surface area contributed by atoms with E-state index in [2.05, 4.69) is 15.2 Å². The van der Waals surface area contributed by atoms with Crippen LogP contribution in [0.5, 0.6) is 11.5 Å². The summed E-state index contributed by atoms with van der Waals surface area (Å²) in [4.78, 5) is 6.70. The van der Waals surface area contributed by atoms with Crippen molar-refractivity contribution in [3.63, 3.8) is 0 Å². The Morgan fingerprint density at radius 2 is 1.66 bits per heavy atom. The predicted molar refractivity (Wildman–Crippen MR) is 155 cm³/mol. The molecule has 0 unspecified atom stereocenters. The molecule has 3 heterocycles. The molecule has 0 spiro atoms. The number of rotatable bonds is 6. The average molecular weight is 538 g/mol. The third-order valence-corrected chi connectivity index (χ3v) is 7.15.